The third kappa shape index (κ3) is 6.19. The summed E-state index contributed by atoms with van der Waals surface area (Å²) in [6.07, 6.45) is 0. The van der Waals surface area contributed by atoms with Gasteiger partial charge in [-0.3, -0.25) is 9.59 Å². The molecule has 0 aliphatic rings. The van der Waals surface area contributed by atoms with Gasteiger partial charge < -0.3 is 20.7 Å². The van der Waals surface area contributed by atoms with E-state index >= 15 is 0 Å². The second-order valence-electron chi connectivity index (χ2n) is 5.79. The molecule has 3 aromatic rings. The number of thioether (sulfide) groups is 1. The lowest BCUT2D eigenvalue weighted by molar-refractivity contribution is -0.114. The molecule has 2 aromatic carbocycles. The largest absolute Gasteiger partial charge is 0.495 e. The second-order valence-corrected chi connectivity index (χ2v) is 7.99. The molecule has 0 aliphatic carbocycles. The molecule has 3 N–H and O–H groups in total. The van der Waals surface area contributed by atoms with E-state index in [1.807, 2.05) is 24.3 Å². The van der Waals surface area contributed by atoms with Crippen LogP contribution in [-0.2, 0) is 9.59 Å². The van der Waals surface area contributed by atoms with E-state index in [2.05, 4.69) is 26.1 Å². The predicted molar refractivity (Wildman–Crippen MR) is 116 cm³/mol. The van der Waals surface area contributed by atoms with Gasteiger partial charge in [0.1, 0.15) is 5.75 Å². The highest BCUT2D eigenvalue weighted by atomic mass is 32.2. The summed E-state index contributed by atoms with van der Waals surface area (Å²) in [4.78, 5) is 23.2. The van der Waals surface area contributed by atoms with E-state index in [4.69, 9.17) is 4.74 Å². The SMILES string of the molecule is COc1ccccc1Nc1nnc(SCC(=O)Nc2ccc(NC(C)=O)cc2)s1. The van der Waals surface area contributed by atoms with E-state index in [0.29, 0.717) is 26.6 Å². The zero-order chi connectivity index (χ0) is 20.6. The Balaban J connectivity index is 1.50. The number of anilines is 4. The summed E-state index contributed by atoms with van der Waals surface area (Å²) in [5, 5.41) is 17.5. The van der Waals surface area contributed by atoms with Gasteiger partial charge in [0.25, 0.3) is 0 Å². The molecule has 29 heavy (non-hydrogen) atoms. The van der Waals surface area contributed by atoms with Gasteiger partial charge in [-0.15, -0.1) is 10.2 Å². The second kappa shape index (κ2) is 9.89. The van der Waals surface area contributed by atoms with Crippen molar-refractivity contribution in [3.63, 3.8) is 0 Å². The van der Waals surface area contributed by atoms with Crippen molar-refractivity contribution in [1.29, 1.82) is 0 Å². The topological polar surface area (TPSA) is 105 Å². The summed E-state index contributed by atoms with van der Waals surface area (Å²) in [6, 6.07) is 14.4. The molecule has 0 atom stereocenters. The zero-order valence-corrected chi connectivity index (χ0v) is 17.4. The van der Waals surface area contributed by atoms with Gasteiger partial charge in [-0.2, -0.15) is 0 Å². The normalized spacial score (nSPS) is 10.3. The zero-order valence-electron chi connectivity index (χ0n) is 15.8. The molecule has 0 fully saturated rings. The number of carbonyl (C=O) groups excluding carboxylic acids is 2. The van der Waals surface area contributed by atoms with E-state index in [1.54, 1.807) is 31.4 Å². The first-order valence-corrected chi connectivity index (χ1v) is 10.4. The van der Waals surface area contributed by atoms with Gasteiger partial charge in [-0.1, -0.05) is 35.2 Å². The van der Waals surface area contributed by atoms with E-state index in [0.717, 1.165) is 5.69 Å². The molecule has 1 heterocycles. The third-order valence-electron chi connectivity index (χ3n) is 3.57. The van der Waals surface area contributed by atoms with Gasteiger partial charge >= 0.3 is 0 Å². The maximum atomic E-state index is 12.2. The fourth-order valence-electron chi connectivity index (χ4n) is 2.35. The summed E-state index contributed by atoms with van der Waals surface area (Å²) in [7, 11) is 1.61. The van der Waals surface area contributed by atoms with Crippen LogP contribution in [-0.4, -0.2) is 34.9 Å². The number of benzene rings is 2. The van der Waals surface area contributed by atoms with Crippen molar-refractivity contribution in [2.75, 3.05) is 28.8 Å². The summed E-state index contributed by atoms with van der Waals surface area (Å²) in [5.74, 6) is 0.615. The van der Waals surface area contributed by atoms with Crippen LogP contribution >= 0.6 is 23.1 Å². The van der Waals surface area contributed by atoms with Gasteiger partial charge in [0, 0.05) is 18.3 Å². The summed E-state index contributed by atoms with van der Waals surface area (Å²) in [5.41, 5.74) is 2.12. The van der Waals surface area contributed by atoms with Crippen LogP contribution in [0, 0.1) is 0 Å². The van der Waals surface area contributed by atoms with Gasteiger partial charge in [-0.05, 0) is 36.4 Å². The van der Waals surface area contributed by atoms with Crippen molar-refractivity contribution < 1.29 is 14.3 Å². The fourth-order valence-corrected chi connectivity index (χ4v) is 3.91. The first-order chi connectivity index (χ1) is 14.0. The van der Waals surface area contributed by atoms with Gasteiger partial charge in [0.2, 0.25) is 16.9 Å². The number of rotatable bonds is 8. The lowest BCUT2D eigenvalue weighted by atomic mass is 10.3. The molecular weight excluding hydrogens is 410 g/mol. The number of methoxy groups -OCH3 is 1. The Morgan fingerprint density at radius 2 is 1.72 bits per heavy atom. The van der Waals surface area contributed by atoms with E-state index in [-0.39, 0.29) is 17.6 Å². The van der Waals surface area contributed by atoms with Crippen LogP contribution in [0.3, 0.4) is 0 Å². The molecule has 1 aromatic heterocycles. The fraction of sp³-hybridized carbons (Fsp3) is 0.158. The Morgan fingerprint density at radius 1 is 1.03 bits per heavy atom. The van der Waals surface area contributed by atoms with Crippen LogP contribution in [0.5, 0.6) is 5.75 Å². The monoisotopic (exact) mass is 429 g/mol. The predicted octanol–water partition coefficient (Wildman–Crippen LogP) is 3.98. The number of para-hydroxylation sites is 2. The van der Waals surface area contributed by atoms with E-state index in [9.17, 15) is 9.59 Å². The molecule has 0 unspecified atom stereocenters. The van der Waals surface area contributed by atoms with Crippen molar-refractivity contribution >= 4 is 57.1 Å². The average molecular weight is 430 g/mol. The van der Waals surface area contributed by atoms with Crippen molar-refractivity contribution in [1.82, 2.24) is 10.2 Å². The number of hydrogen-bond donors (Lipinski definition) is 3. The molecule has 10 heteroatoms. The summed E-state index contributed by atoms with van der Waals surface area (Å²) < 4.78 is 5.98. The van der Waals surface area contributed by atoms with Crippen LogP contribution in [0.2, 0.25) is 0 Å². The number of ether oxygens (including phenoxy) is 1. The van der Waals surface area contributed by atoms with Gasteiger partial charge in [0.05, 0.1) is 18.6 Å². The van der Waals surface area contributed by atoms with Crippen LogP contribution < -0.4 is 20.7 Å². The molecule has 2 amide bonds. The van der Waals surface area contributed by atoms with Crippen LogP contribution in [0.1, 0.15) is 6.92 Å². The smallest absolute Gasteiger partial charge is 0.234 e. The first kappa shape index (κ1) is 20.6. The van der Waals surface area contributed by atoms with Crippen molar-refractivity contribution in [3.8, 4) is 5.75 Å². The third-order valence-corrected chi connectivity index (χ3v) is 5.54. The standard InChI is InChI=1S/C19H19N5O3S2/c1-12(25)20-13-7-9-14(10-8-13)21-17(26)11-28-19-24-23-18(29-19)22-15-5-3-4-6-16(15)27-2/h3-10H,11H2,1-2H3,(H,20,25)(H,21,26)(H,22,23). The molecule has 0 radical (unpaired) electrons. The number of carbonyl (C=O) groups is 2. The van der Waals surface area contributed by atoms with Crippen molar-refractivity contribution in [2.45, 2.75) is 11.3 Å². The molecule has 0 saturated carbocycles. The quantitative estimate of drug-likeness (QED) is 0.465. The Hall–Kier alpha value is -3.11. The first-order valence-electron chi connectivity index (χ1n) is 8.57. The van der Waals surface area contributed by atoms with Crippen molar-refractivity contribution in [3.05, 3.63) is 48.5 Å². The molecule has 0 spiro atoms. The Morgan fingerprint density at radius 3 is 2.41 bits per heavy atom. The Kier molecular flexibility index (Phi) is 7.04. The summed E-state index contributed by atoms with van der Waals surface area (Å²) >= 11 is 2.66. The molecule has 0 bridgehead atoms. The minimum Gasteiger partial charge on any atom is -0.495 e. The molecule has 3 rings (SSSR count). The van der Waals surface area contributed by atoms with Crippen LogP contribution in [0.15, 0.2) is 52.9 Å². The number of amides is 2. The van der Waals surface area contributed by atoms with Crippen LogP contribution in [0.25, 0.3) is 0 Å². The average Bonchev–Trinajstić information content (AvgIpc) is 3.15. The maximum absolute atomic E-state index is 12.2. The minimum atomic E-state index is -0.156. The molecule has 0 aliphatic heterocycles. The number of nitrogens with one attached hydrogen (secondary N) is 3. The number of hydrogen-bond acceptors (Lipinski definition) is 8. The molecule has 8 nitrogen and oxygen atoms in total. The molecule has 0 saturated heterocycles. The van der Waals surface area contributed by atoms with E-state index < -0.39 is 0 Å². The minimum absolute atomic E-state index is 0.144. The Bertz CT molecular complexity index is 992. The van der Waals surface area contributed by atoms with Crippen molar-refractivity contribution in [2.24, 2.45) is 0 Å². The maximum Gasteiger partial charge on any atom is 0.234 e. The molecular formula is C19H19N5O3S2. The Labute approximate surface area is 176 Å². The number of nitrogens with zero attached hydrogens (tertiary/aromatic N) is 2. The van der Waals surface area contributed by atoms with Gasteiger partial charge in [0.15, 0.2) is 4.34 Å². The summed E-state index contributed by atoms with van der Waals surface area (Å²) in [6.45, 7) is 1.44. The highest BCUT2D eigenvalue weighted by Crippen LogP contribution is 2.31. The van der Waals surface area contributed by atoms with E-state index in [1.165, 1.54) is 30.0 Å². The van der Waals surface area contributed by atoms with Gasteiger partial charge in [-0.25, -0.2) is 0 Å². The highest BCUT2D eigenvalue weighted by Gasteiger charge is 2.10. The highest BCUT2D eigenvalue weighted by molar-refractivity contribution is 8.01. The lowest BCUT2D eigenvalue weighted by Gasteiger charge is -2.07. The number of aromatic nitrogens is 2. The molecule has 150 valence electrons. The lowest BCUT2D eigenvalue weighted by Crippen LogP contribution is -2.14. The van der Waals surface area contributed by atoms with Crippen LogP contribution in [0.4, 0.5) is 22.2 Å².